The number of rotatable bonds is 18. The Labute approximate surface area is 170 Å². The summed E-state index contributed by atoms with van der Waals surface area (Å²) in [6, 6.07) is 9.49. The quantitative estimate of drug-likeness (QED) is 0.224. The highest BCUT2D eigenvalue weighted by atomic mass is 31.2. The first-order chi connectivity index (χ1) is 13.6. The van der Waals surface area contributed by atoms with Crippen molar-refractivity contribution < 1.29 is 27.6 Å². The highest BCUT2D eigenvalue weighted by Crippen LogP contribution is 2.49. The molecule has 2 unspecified atom stereocenters. The van der Waals surface area contributed by atoms with E-state index in [1.165, 1.54) is 7.11 Å². The first kappa shape index (κ1) is 25.3. The topological polar surface area (TPSA) is 63.2 Å². The first-order valence-electron chi connectivity index (χ1n) is 10.3. The Morgan fingerprint density at radius 1 is 0.893 bits per heavy atom. The van der Waals surface area contributed by atoms with Crippen LogP contribution in [0, 0.1) is 0 Å². The van der Waals surface area contributed by atoms with Crippen LogP contribution in [0.4, 0.5) is 0 Å². The van der Waals surface area contributed by atoms with Gasteiger partial charge in [-0.2, -0.15) is 0 Å². The van der Waals surface area contributed by atoms with Crippen LogP contribution in [0.5, 0.6) is 0 Å². The van der Waals surface area contributed by atoms with E-state index in [4.69, 9.17) is 23.0 Å². The largest absolute Gasteiger partial charge is 0.474 e. The average Bonchev–Trinajstić information content (AvgIpc) is 2.73. The lowest BCUT2D eigenvalue weighted by atomic mass is 10.2. The second-order valence-corrected chi connectivity index (χ2v) is 8.44. The van der Waals surface area contributed by atoms with Gasteiger partial charge in [-0.3, -0.25) is 13.6 Å². The fourth-order valence-corrected chi connectivity index (χ4v) is 3.40. The lowest BCUT2D eigenvalue weighted by Crippen LogP contribution is -2.26. The molecule has 0 spiro atoms. The molecule has 162 valence electrons. The Bertz CT molecular complexity index is 525. The van der Waals surface area contributed by atoms with Gasteiger partial charge in [0.05, 0.1) is 19.8 Å². The number of benzene rings is 1. The molecule has 6 nitrogen and oxygen atoms in total. The molecule has 0 N–H and O–H groups in total. The van der Waals surface area contributed by atoms with E-state index in [2.05, 4.69) is 13.8 Å². The Hall–Kier alpha value is -0.750. The SMILES string of the molecule is CCCCCOCC(COP(=O)(OC)OCc1ccccc1)OCCCCC. The summed E-state index contributed by atoms with van der Waals surface area (Å²) in [7, 11) is -2.33. The van der Waals surface area contributed by atoms with Gasteiger partial charge in [-0.1, -0.05) is 69.9 Å². The van der Waals surface area contributed by atoms with Crippen molar-refractivity contribution in [1.29, 1.82) is 0 Å². The van der Waals surface area contributed by atoms with Crippen LogP contribution < -0.4 is 0 Å². The van der Waals surface area contributed by atoms with Crippen molar-refractivity contribution in [1.82, 2.24) is 0 Å². The molecule has 7 heteroatoms. The second-order valence-electron chi connectivity index (χ2n) is 6.67. The minimum atomic E-state index is -3.65. The van der Waals surface area contributed by atoms with Crippen molar-refractivity contribution in [3.63, 3.8) is 0 Å². The number of hydrogen-bond acceptors (Lipinski definition) is 6. The smallest absolute Gasteiger partial charge is 0.379 e. The van der Waals surface area contributed by atoms with Gasteiger partial charge in [0, 0.05) is 20.3 Å². The zero-order valence-corrected chi connectivity index (χ0v) is 18.5. The maximum atomic E-state index is 12.7. The summed E-state index contributed by atoms with van der Waals surface area (Å²) in [5.41, 5.74) is 0.898. The molecule has 1 rings (SSSR count). The molecule has 0 radical (unpaired) electrons. The molecule has 0 fully saturated rings. The molecule has 0 aliphatic carbocycles. The molecule has 0 aliphatic heterocycles. The van der Waals surface area contributed by atoms with Crippen LogP contribution in [0.1, 0.15) is 57.9 Å². The van der Waals surface area contributed by atoms with Gasteiger partial charge in [0.25, 0.3) is 0 Å². The summed E-state index contributed by atoms with van der Waals surface area (Å²) in [5.74, 6) is 0. The predicted octanol–water partition coefficient (Wildman–Crippen LogP) is 5.76. The third-order valence-electron chi connectivity index (χ3n) is 4.17. The van der Waals surface area contributed by atoms with Gasteiger partial charge in [0.2, 0.25) is 0 Å². The van der Waals surface area contributed by atoms with E-state index < -0.39 is 7.82 Å². The highest BCUT2D eigenvalue weighted by Gasteiger charge is 2.27. The molecular weight excluding hydrogens is 379 g/mol. The number of unbranched alkanes of at least 4 members (excludes halogenated alkanes) is 4. The molecule has 0 saturated carbocycles. The van der Waals surface area contributed by atoms with E-state index in [0.29, 0.717) is 19.8 Å². The molecule has 0 aliphatic rings. The van der Waals surface area contributed by atoms with Crippen LogP contribution in [0.15, 0.2) is 30.3 Å². The monoisotopic (exact) mass is 416 g/mol. The van der Waals surface area contributed by atoms with Gasteiger partial charge in [-0.15, -0.1) is 0 Å². The molecule has 0 saturated heterocycles. The summed E-state index contributed by atoms with van der Waals surface area (Å²) >= 11 is 0. The number of ether oxygens (including phenoxy) is 2. The van der Waals surface area contributed by atoms with E-state index in [9.17, 15) is 4.57 Å². The van der Waals surface area contributed by atoms with E-state index in [1.807, 2.05) is 30.3 Å². The Morgan fingerprint density at radius 2 is 1.57 bits per heavy atom. The molecule has 2 atom stereocenters. The highest BCUT2D eigenvalue weighted by molar-refractivity contribution is 7.48. The molecule has 1 aromatic carbocycles. The zero-order valence-electron chi connectivity index (χ0n) is 17.6. The lowest BCUT2D eigenvalue weighted by Gasteiger charge is -2.21. The number of phosphoric ester groups is 1. The van der Waals surface area contributed by atoms with Crippen LogP contribution in [0.2, 0.25) is 0 Å². The van der Waals surface area contributed by atoms with Crippen LogP contribution in [-0.2, 0) is 34.2 Å². The van der Waals surface area contributed by atoms with Gasteiger partial charge < -0.3 is 9.47 Å². The minimum Gasteiger partial charge on any atom is -0.379 e. The van der Waals surface area contributed by atoms with Crippen LogP contribution in [0.25, 0.3) is 0 Å². The summed E-state index contributed by atoms with van der Waals surface area (Å²) < 4.78 is 40.2. The number of phosphoric acid groups is 1. The predicted molar refractivity (Wildman–Crippen MR) is 111 cm³/mol. The summed E-state index contributed by atoms with van der Waals surface area (Å²) in [6.07, 6.45) is 6.24. The van der Waals surface area contributed by atoms with Crippen molar-refractivity contribution in [2.75, 3.05) is 33.5 Å². The van der Waals surface area contributed by atoms with Gasteiger partial charge in [-0.25, -0.2) is 4.57 Å². The van der Waals surface area contributed by atoms with Crippen molar-refractivity contribution in [2.45, 2.75) is 65.1 Å². The normalized spacial score (nSPS) is 14.7. The lowest BCUT2D eigenvalue weighted by molar-refractivity contribution is -0.0454. The van der Waals surface area contributed by atoms with Crippen molar-refractivity contribution in [2.24, 2.45) is 0 Å². The Morgan fingerprint density at radius 3 is 2.21 bits per heavy atom. The van der Waals surface area contributed by atoms with Crippen LogP contribution in [0.3, 0.4) is 0 Å². The van der Waals surface area contributed by atoms with Gasteiger partial charge in [-0.05, 0) is 18.4 Å². The van der Waals surface area contributed by atoms with Crippen molar-refractivity contribution >= 4 is 7.82 Å². The van der Waals surface area contributed by atoms with E-state index in [-0.39, 0.29) is 19.3 Å². The van der Waals surface area contributed by atoms with Crippen molar-refractivity contribution in [3.8, 4) is 0 Å². The third kappa shape index (κ3) is 11.9. The molecule has 0 heterocycles. The molecule has 0 aromatic heterocycles. The third-order valence-corrected chi connectivity index (χ3v) is 5.53. The fourth-order valence-electron chi connectivity index (χ4n) is 2.46. The zero-order chi connectivity index (χ0) is 20.5. The maximum Gasteiger partial charge on any atom is 0.474 e. The van der Waals surface area contributed by atoms with E-state index >= 15 is 0 Å². The van der Waals surface area contributed by atoms with Gasteiger partial charge >= 0.3 is 7.82 Å². The van der Waals surface area contributed by atoms with E-state index in [1.54, 1.807) is 0 Å². The molecule has 0 bridgehead atoms. The molecule has 28 heavy (non-hydrogen) atoms. The van der Waals surface area contributed by atoms with Gasteiger partial charge in [0.1, 0.15) is 6.10 Å². The minimum absolute atomic E-state index is 0.0970. The number of hydrogen-bond donors (Lipinski definition) is 0. The van der Waals surface area contributed by atoms with Crippen molar-refractivity contribution in [3.05, 3.63) is 35.9 Å². The van der Waals surface area contributed by atoms with E-state index in [0.717, 1.165) is 44.1 Å². The average molecular weight is 416 g/mol. The fraction of sp³-hybridized carbons (Fsp3) is 0.714. The molecular formula is C21H37O6P. The van der Waals surface area contributed by atoms with Crippen LogP contribution in [-0.4, -0.2) is 39.6 Å². The Kier molecular flexibility index (Phi) is 14.5. The van der Waals surface area contributed by atoms with Crippen LogP contribution >= 0.6 is 7.82 Å². The standard InChI is InChI=1S/C21H37O6P/c1-4-6-11-15-24-18-21(25-16-12-7-5-2)19-27-28(22,23-3)26-17-20-13-9-8-10-14-20/h8-10,13-14,21H,4-7,11-12,15-19H2,1-3H3. The second kappa shape index (κ2) is 16.1. The molecule has 0 amide bonds. The van der Waals surface area contributed by atoms with Gasteiger partial charge in [0.15, 0.2) is 0 Å². The Balaban J connectivity index is 2.46. The molecule has 1 aromatic rings. The maximum absolute atomic E-state index is 12.7. The summed E-state index contributed by atoms with van der Waals surface area (Å²) in [6.45, 7) is 6.28. The first-order valence-corrected chi connectivity index (χ1v) is 11.8. The summed E-state index contributed by atoms with van der Waals surface area (Å²) in [4.78, 5) is 0. The summed E-state index contributed by atoms with van der Waals surface area (Å²) in [5, 5.41) is 0.